The van der Waals surface area contributed by atoms with Gasteiger partial charge >= 0.3 is 0 Å². The third-order valence-electron chi connectivity index (χ3n) is 5.05. The van der Waals surface area contributed by atoms with E-state index in [0.29, 0.717) is 25.0 Å². The Balaban J connectivity index is 1.56. The molecule has 0 saturated carbocycles. The number of piperidine rings is 1. The van der Waals surface area contributed by atoms with E-state index in [4.69, 9.17) is 0 Å². The van der Waals surface area contributed by atoms with E-state index in [-0.39, 0.29) is 11.8 Å². The predicted molar refractivity (Wildman–Crippen MR) is 96.5 cm³/mol. The number of nitrogens with zero attached hydrogens (tertiary/aromatic N) is 4. The van der Waals surface area contributed by atoms with Gasteiger partial charge < -0.3 is 4.90 Å². The first-order valence-electron chi connectivity index (χ1n) is 8.67. The molecule has 1 aromatic carbocycles. The first-order chi connectivity index (χ1) is 12.1. The molecule has 3 aliphatic rings. The van der Waals surface area contributed by atoms with E-state index in [0.717, 1.165) is 24.9 Å². The topological polar surface area (TPSA) is 66.4 Å². The van der Waals surface area contributed by atoms with Crippen LogP contribution in [0.1, 0.15) is 18.4 Å². The Morgan fingerprint density at radius 3 is 2.48 bits per heavy atom. The van der Waals surface area contributed by atoms with Crippen molar-refractivity contribution in [3.8, 4) is 0 Å². The molecule has 1 aromatic heterocycles. The standard InChI is InChI=1S/C18H22N4O2S/c23-25(24,14-15-5-2-1-3-6-15)22-12-16-7-8-17(22)13-21(11-16)18-19-9-4-10-20-18/h1-6,9-10,16-17H,7-8,11-14H2/t16-,17+/m0/s1. The molecule has 3 aliphatic heterocycles. The molecule has 2 atom stereocenters. The zero-order chi connectivity index (χ0) is 17.3. The minimum absolute atomic E-state index is 0.00346. The number of fused-ring (bicyclic) bond motifs is 4. The van der Waals surface area contributed by atoms with Crippen LogP contribution in [0.2, 0.25) is 0 Å². The maximum Gasteiger partial charge on any atom is 0.225 e. The summed E-state index contributed by atoms with van der Waals surface area (Å²) in [5.74, 6) is 1.09. The number of aromatic nitrogens is 2. The molecule has 0 amide bonds. The highest BCUT2D eigenvalue weighted by atomic mass is 32.2. The molecule has 0 N–H and O–H groups in total. The number of anilines is 1. The lowest BCUT2D eigenvalue weighted by Crippen LogP contribution is -2.47. The van der Waals surface area contributed by atoms with Gasteiger partial charge in [0.25, 0.3) is 0 Å². The second-order valence-corrected chi connectivity index (χ2v) is 8.78. The molecule has 3 saturated heterocycles. The molecule has 0 aliphatic carbocycles. The highest BCUT2D eigenvalue weighted by Gasteiger charge is 2.41. The number of benzene rings is 1. The van der Waals surface area contributed by atoms with Crippen LogP contribution < -0.4 is 4.90 Å². The highest BCUT2D eigenvalue weighted by molar-refractivity contribution is 7.88. The monoisotopic (exact) mass is 358 g/mol. The van der Waals surface area contributed by atoms with Crippen molar-refractivity contribution in [2.24, 2.45) is 5.92 Å². The summed E-state index contributed by atoms with van der Waals surface area (Å²) in [6.45, 7) is 2.08. The SMILES string of the molecule is O=S(=O)(Cc1ccccc1)N1C[C@H]2CC[C@@H]1CN(c1ncccn1)C2. The van der Waals surface area contributed by atoms with Crippen molar-refractivity contribution >= 4 is 16.0 Å². The van der Waals surface area contributed by atoms with Crippen LogP contribution in [-0.2, 0) is 15.8 Å². The lowest BCUT2D eigenvalue weighted by molar-refractivity contribution is 0.230. The second-order valence-electron chi connectivity index (χ2n) is 6.86. The second kappa shape index (κ2) is 6.72. The van der Waals surface area contributed by atoms with Gasteiger partial charge in [0, 0.05) is 38.1 Å². The van der Waals surface area contributed by atoms with Crippen molar-refractivity contribution in [2.75, 3.05) is 24.5 Å². The van der Waals surface area contributed by atoms with Crippen molar-refractivity contribution < 1.29 is 8.42 Å². The van der Waals surface area contributed by atoms with Crippen LogP contribution in [0.25, 0.3) is 0 Å². The van der Waals surface area contributed by atoms with E-state index in [1.807, 2.05) is 30.3 Å². The van der Waals surface area contributed by atoms with Crippen molar-refractivity contribution in [1.29, 1.82) is 0 Å². The molecule has 7 heteroatoms. The summed E-state index contributed by atoms with van der Waals surface area (Å²) in [4.78, 5) is 10.8. The molecule has 2 bridgehead atoms. The maximum atomic E-state index is 13.0. The van der Waals surface area contributed by atoms with E-state index >= 15 is 0 Å². The summed E-state index contributed by atoms with van der Waals surface area (Å²) in [5, 5.41) is 0. The smallest absolute Gasteiger partial charge is 0.225 e. The van der Waals surface area contributed by atoms with Gasteiger partial charge in [-0.05, 0) is 30.4 Å². The fourth-order valence-electron chi connectivity index (χ4n) is 3.87. The first-order valence-corrected chi connectivity index (χ1v) is 10.3. The lowest BCUT2D eigenvalue weighted by atomic mass is 9.97. The van der Waals surface area contributed by atoms with Crippen molar-refractivity contribution in [2.45, 2.75) is 24.6 Å². The van der Waals surface area contributed by atoms with Gasteiger partial charge in [-0.2, -0.15) is 4.31 Å². The van der Waals surface area contributed by atoms with Gasteiger partial charge in [0.1, 0.15) is 0 Å². The molecule has 0 radical (unpaired) electrons. The van der Waals surface area contributed by atoms with Gasteiger partial charge in [-0.3, -0.25) is 0 Å². The Labute approximate surface area is 148 Å². The average Bonchev–Trinajstić information content (AvgIpc) is 2.95. The van der Waals surface area contributed by atoms with Crippen LogP contribution in [-0.4, -0.2) is 48.4 Å². The number of sulfonamides is 1. The summed E-state index contributed by atoms with van der Waals surface area (Å²) in [6.07, 6.45) is 5.44. The third-order valence-corrected chi connectivity index (χ3v) is 6.91. The Morgan fingerprint density at radius 1 is 0.960 bits per heavy atom. The van der Waals surface area contributed by atoms with Gasteiger partial charge in [-0.1, -0.05) is 30.3 Å². The van der Waals surface area contributed by atoms with Crippen LogP contribution in [0, 0.1) is 5.92 Å². The summed E-state index contributed by atoms with van der Waals surface area (Å²) in [5.41, 5.74) is 0.839. The Bertz CT molecular complexity index is 813. The fourth-order valence-corrected chi connectivity index (χ4v) is 5.71. The van der Waals surface area contributed by atoms with Gasteiger partial charge in [0.15, 0.2) is 0 Å². The van der Waals surface area contributed by atoms with E-state index in [2.05, 4.69) is 14.9 Å². The minimum Gasteiger partial charge on any atom is -0.339 e. The number of hydrogen-bond acceptors (Lipinski definition) is 5. The lowest BCUT2D eigenvalue weighted by Gasteiger charge is -2.34. The molecular weight excluding hydrogens is 336 g/mol. The number of rotatable bonds is 4. The first kappa shape index (κ1) is 16.5. The molecule has 6 nitrogen and oxygen atoms in total. The van der Waals surface area contributed by atoms with Crippen molar-refractivity contribution in [3.63, 3.8) is 0 Å². The quantitative estimate of drug-likeness (QED) is 0.835. The molecule has 3 fully saturated rings. The van der Waals surface area contributed by atoms with Gasteiger partial charge in [0.2, 0.25) is 16.0 Å². The molecule has 132 valence electrons. The normalized spacial score (nSPS) is 24.2. The van der Waals surface area contributed by atoms with Crippen LogP contribution in [0.15, 0.2) is 48.8 Å². The molecule has 4 heterocycles. The van der Waals surface area contributed by atoms with Crippen molar-refractivity contribution in [3.05, 3.63) is 54.4 Å². The van der Waals surface area contributed by atoms with Crippen LogP contribution in [0.4, 0.5) is 5.95 Å². The zero-order valence-corrected chi connectivity index (χ0v) is 14.8. The summed E-state index contributed by atoms with van der Waals surface area (Å²) in [7, 11) is -3.33. The van der Waals surface area contributed by atoms with Crippen molar-refractivity contribution in [1.82, 2.24) is 14.3 Å². The molecular formula is C18H22N4O2S. The van der Waals surface area contributed by atoms with Gasteiger partial charge in [0.05, 0.1) is 5.75 Å². The summed E-state index contributed by atoms with van der Waals surface area (Å²) < 4.78 is 27.8. The highest BCUT2D eigenvalue weighted by Crippen LogP contribution is 2.32. The van der Waals surface area contributed by atoms with E-state index in [1.165, 1.54) is 0 Å². The maximum absolute atomic E-state index is 13.0. The molecule has 2 aromatic rings. The summed E-state index contributed by atoms with van der Waals surface area (Å²) >= 11 is 0. The molecule has 0 spiro atoms. The van der Waals surface area contributed by atoms with Gasteiger partial charge in [-0.15, -0.1) is 0 Å². The van der Waals surface area contributed by atoms with E-state index in [1.54, 1.807) is 22.8 Å². The third kappa shape index (κ3) is 3.52. The number of hydrogen-bond donors (Lipinski definition) is 0. The largest absolute Gasteiger partial charge is 0.339 e. The minimum atomic E-state index is -3.33. The van der Waals surface area contributed by atoms with Crippen LogP contribution in [0.5, 0.6) is 0 Å². The Hall–Kier alpha value is -1.99. The molecule has 25 heavy (non-hydrogen) atoms. The van der Waals surface area contributed by atoms with E-state index in [9.17, 15) is 8.42 Å². The molecule has 0 unspecified atom stereocenters. The Morgan fingerprint density at radius 2 is 1.72 bits per heavy atom. The zero-order valence-electron chi connectivity index (χ0n) is 14.0. The predicted octanol–water partition coefficient (Wildman–Crippen LogP) is 1.91. The average molecular weight is 358 g/mol. The van der Waals surface area contributed by atoms with Gasteiger partial charge in [-0.25, -0.2) is 18.4 Å². The van der Waals surface area contributed by atoms with Crippen LogP contribution >= 0.6 is 0 Å². The fraction of sp³-hybridized carbons (Fsp3) is 0.444. The molecule has 5 rings (SSSR count). The summed E-state index contributed by atoms with van der Waals surface area (Å²) in [6, 6.07) is 11.2. The van der Waals surface area contributed by atoms with Crippen LogP contribution in [0.3, 0.4) is 0 Å². The Kier molecular flexibility index (Phi) is 4.43. The van der Waals surface area contributed by atoms with E-state index < -0.39 is 10.0 Å².